The Morgan fingerprint density at radius 3 is 2.35 bits per heavy atom. The zero-order valence-corrected chi connectivity index (χ0v) is 13.7. The van der Waals surface area contributed by atoms with Crippen LogP contribution in [0.1, 0.15) is 5.56 Å². The summed E-state index contributed by atoms with van der Waals surface area (Å²) >= 11 is 6.04. The van der Waals surface area contributed by atoms with Crippen LogP contribution in [0, 0.1) is 0 Å². The van der Waals surface area contributed by atoms with Crippen molar-refractivity contribution in [2.75, 3.05) is 7.11 Å². The number of hydrogen-bond donors (Lipinski definition) is 0. The number of ether oxygens (including phenoxy) is 1. The van der Waals surface area contributed by atoms with Crippen LogP contribution < -0.4 is 8.92 Å². The predicted octanol–water partition coefficient (Wildman–Crippen LogP) is 4.01. The first-order valence-electron chi connectivity index (χ1n) is 4.78. The molecule has 1 aromatic rings. The molecule has 0 unspecified atom stereocenters. The van der Waals surface area contributed by atoms with E-state index in [4.69, 9.17) is 4.74 Å². The Balaban J connectivity index is 3.32. The van der Waals surface area contributed by atoms with E-state index in [0.717, 1.165) is 6.07 Å². The molecule has 0 fully saturated rings. The summed E-state index contributed by atoms with van der Waals surface area (Å²) in [5, 5.41) is 0. The standard InChI is InChI=1S/C10H7Br2F3O4S/c1-18-7-3-2-6(4-9(11)12)8(5-7)19-20(16,17)10(13,14)15/h2-5H,1H3. The van der Waals surface area contributed by atoms with Gasteiger partial charge in [0.15, 0.2) is 5.75 Å². The molecular formula is C10H7Br2F3O4S. The summed E-state index contributed by atoms with van der Waals surface area (Å²) in [5.74, 6) is -0.349. The molecule has 0 bridgehead atoms. The average Bonchev–Trinajstić information content (AvgIpc) is 2.29. The third-order valence-corrected chi connectivity index (χ3v) is 3.39. The van der Waals surface area contributed by atoms with Crippen LogP contribution >= 0.6 is 31.9 Å². The average molecular weight is 440 g/mol. The van der Waals surface area contributed by atoms with E-state index >= 15 is 0 Å². The Morgan fingerprint density at radius 2 is 1.90 bits per heavy atom. The summed E-state index contributed by atoms with van der Waals surface area (Å²) in [6.45, 7) is 0. The van der Waals surface area contributed by atoms with E-state index in [0.29, 0.717) is 3.39 Å². The lowest BCUT2D eigenvalue weighted by Crippen LogP contribution is -2.28. The van der Waals surface area contributed by atoms with E-state index in [1.165, 1.54) is 25.3 Å². The van der Waals surface area contributed by atoms with Gasteiger partial charge in [0.25, 0.3) is 0 Å². The lowest BCUT2D eigenvalue weighted by atomic mass is 10.2. The zero-order chi connectivity index (χ0) is 15.6. The summed E-state index contributed by atoms with van der Waals surface area (Å²) in [6, 6.07) is 3.84. The maximum absolute atomic E-state index is 12.3. The van der Waals surface area contributed by atoms with E-state index in [2.05, 4.69) is 36.0 Å². The highest BCUT2D eigenvalue weighted by atomic mass is 79.9. The zero-order valence-electron chi connectivity index (χ0n) is 9.74. The van der Waals surface area contributed by atoms with Gasteiger partial charge in [0.05, 0.1) is 10.5 Å². The maximum Gasteiger partial charge on any atom is 0.534 e. The van der Waals surface area contributed by atoms with Gasteiger partial charge in [-0.15, -0.1) is 0 Å². The first kappa shape index (κ1) is 17.3. The minimum absolute atomic E-state index is 0.113. The second-order valence-electron chi connectivity index (χ2n) is 3.32. The number of benzene rings is 1. The Labute approximate surface area is 129 Å². The van der Waals surface area contributed by atoms with Crippen molar-refractivity contribution < 1.29 is 30.5 Å². The van der Waals surface area contributed by atoms with Crippen molar-refractivity contribution >= 4 is 48.1 Å². The maximum atomic E-state index is 12.3. The quantitative estimate of drug-likeness (QED) is 0.525. The molecular weight excluding hydrogens is 433 g/mol. The Kier molecular flexibility index (Phi) is 5.50. The van der Waals surface area contributed by atoms with Crippen LogP contribution in [0.25, 0.3) is 6.08 Å². The molecule has 4 nitrogen and oxygen atoms in total. The van der Waals surface area contributed by atoms with Gasteiger partial charge in [-0.25, -0.2) is 0 Å². The summed E-state index contributed by atoms with van der Waals surface area (Å²) in [5.41, 5.74) is -5.40. The molecule has 0 aromatic heterocycles. The van der Waals surface area contributed by atoms with Gasteiger partial charge in [-0.3, -0.25) is 0 Å². The van der Waals surface area contributed by atoms with Crippen LogP contribution in [0.5, 0.6) is 11.5 Å². The van der Waals surface area contributed by atoms with Gasteiger partial charge < -0.3 is 8.92 Å². The molecule has 0 spiro atoms. The lowest BCUT2D eigenvalue weighted by Gasteiger charge is -2.12. The van der Waals surface area contributed by atoms with Gasteiger partial charge >= 0.3 is 15.6 Å². The second-order valence-corrected chi connectivity index (χ2v) is 7.63. The highest BCUT2D eigenvalue weighted by molar-refractivity contribution is 9.28. The molecule has 0 aliphatic carbocycles. The Hall–Kier alpha value is -0.740. The normalized spacial score (nSPS) is 11.9. The van der Waals surface area contributed by atoms with Crippen molar-refractivity contribution in [2.24, 2.45) is 0 Å². The van der Waals surface area contributed by atoms with Crippen molar-refractivity contribution in [3.63, 3.8) is 0 Å². The molecule has 112 valence electrons. The summed E-state index contributed by atoms with van der Waals surface area (Å²) < 4.78 is 68.3. The van der Waals surface area contributed by atoms with E-state index in [-0.39, 0.29) is 11.3 Å². The van der Waals surface area contributed by atoms with Crippen LogP contribution in [0.3, 0.4) is 0 Å². The smallest absolute Gasteiger partial charge is 0.497 e. The van der Waals surface area contributed by atoms with E-state index in [1.54, 1.807) is 0 Å². The molecule has 0 heterocycles. The monoisotopic (exact) mass is 438 g/mol. The SMILES string of the molecule is COc1ccc(C=C(Br)Br)c(OS(=O)(=O)C(F)(F)F)c1. The lowest BCUT2D eigenvalue weighted by molar-refractivity contribution is -0.0500. The summed E-state index contributed by atoms with van der Waals surface area (Å²) in [4.78, 5) is 0. The Bertz CT molecular complexity index is 622. The van der Waals surface area contributed by atoms with Gasteiger partial charge in [0.2, 0.25) is 0 Å². The number of rotatable bonds is 4. The molecule has 0 saturated carbocycles. The van der Waals surface area contributed by atoms with Crippen molar-refractivity contribution in [1.29, 1.82) is 0 Å². The molecule has 0 radical (unpaired) electrons. The fourth-order valence-electron chi connectivity index (χ4n) is 1.12. The molecule has 1 aromatic carbocycles. The van der Waals surface area contributed by atoms with Gasteiger partial charge in [0.1, 0.15) is 5.75 Å². The molecule has 0 saturated heterocycles. The second kappa shape index (κ2) is 6.35. The highest BCUT2D eigenvalue weighted by Crippen LogP contribution is 2.33. The predicted molar refractivity (Wildman–Crippen MR) is 74.4 cm³/mol. The first-order chi connectivity index (χ1) is 9.06. The molecule has 0 N–H and O–H groups in total. The molecule has 10 heteroatoms. The van der Waals surface area contributed by atoms with Crippen LogP contribution in [0.15, 0.2) is 21.6 Å². The Morgan fingerprint density at radius 1 is 1.30 bits per heavy atom. The molecule has 0 atom stereocenters. The van der Waals surface area contributed by atoms with Crippen molar-refractivity contribution in [2.45, 2.75) is 5.51 Å². The largest absolute Gasteiger partial charge is 0.534 e. The van der Waals surface area contributed by atoms with Crippen LogP contribution in [0.4, 0.5) is 13.2 Å². The van der Waals surface area contributed by atoms with Crippen LogP contribution in [-0.2, 0) is 10.1 Å². The minimum Gasteiger partial charge on any atom is -0.497 e. The third-order valence-electron chi connectivity index (χ3n) is 1.97. The molecule has 0 aliphatic rings. The first-order valence-corrected chi connectivity index (χ1v) is 7.78. The van der Waals surface area contributed by atoms with Crippen LogP contribution in [0.2, 0.25) is 0 Å². The summed E-state index contributed by atoms with van der Waals surface area (Å²) in [6.07, 6.45) is 1.33. The van der Waals surface area contributed by atoms with Gasteiger partial charge in [-0.1, -0.05) is 0 Å². The molecule has 0 amide bonds. The van der Waals surface area contributed by atoms with E-state index < -0.39 is 21.4 Å². The summed E-state index contributed by atoms with van der Waals surface area (Å²) in [7, 11) is -4.46. The molecule has 1 rings (SSSR count). The van der Waals surface area contributed by atoms with Gasteiger partial charge in [-0.2, -0.15) is 21.6 Å². The molecule has 20 heavy (non-hydrogen) atoms. The van der Waals surface area contributed by atoms with Crippen molar-refractivity contribution in [3.8, 4) is 11.5 Å². The number of methoxy groups -OCH3 is 1. The van der Waals surface area contributed by atoms with Crippen LogP contribution in [-0.4, -0.2) is 21.0 Å². The van der Waals surface area contributed by atoms with Gasteiger partial charge in [-0.05, 0) is 50.1 Å². The van der Waals surface area contributed by atoms with Gasteiger partial charge in [0, 0.05) is 11.6 Å². The topological polar surface area (TPSA) is 52.6 Å². The minimum atomic E-state index is -5.75. The highest BCUT2D eigenvalue weighted by Gasteiger charge is 2.48. The van der Waals surface area contributed by atoms with E-state index in [1.807, 2.05) is 0 Å². The number of hydrogen-bond acceptors (Lipinski definition) is 4. The molecule has 0 aliphatic heterocycles. The van der Waals surface area contributed by atoms with E-state index in [9.17, 15) is 21.6 Å². The fraction of sp³-hybridized carbons (Fsp3) is 0.200. The third kappa shape index (κ3) is 4.38. The number of halogens is 5. The van der Waals surface area contributed by atoms with Crippen molar-refractivity contribution in [3.05, 3.63) is 27.2 Å². The number of alkyl halides is 3. The van der Waals surface area contributed by atoms with Crippen molar-refractivity contribution in [1.82, 2.24) is 0 Å². The fourth-order valence-corrected chi connectivity index (χ4v) is 2.08.